The molecule has 4 rings (SSSR count). The van der Waals surface area contributed by atoms with Gasteiger partial charge in [-0.25, -0.2) is 4.79 Å². The van der Waals surface area contributed by atoms with Gasteiger partial charge in [0, 0.05) is 23.5 Å². The normalized spacial score (nSPS) is 13.6. The highest BCUT2D eigenvalue weighted by atomic mass is 28.4. The molecule has 41 heavy (non-hydrogen) atoms. The summed E-state index contributed by atoms with van der Waals surface area (Å²) in [5.74, 6) is 1.73. The molecule has 3 aromatic carbocycles. The van der Waals surface area contributed by atoms with Crippen molar-refractivity contribution in [3.63, 3.8) is 0 Å². The molecule has 0 bridgehead atoms. The molecule has 218 valence electrons. The first-order chi connectivity index (χ1) is 19.4. The number of fused-ring (bicyclic) bond motifs is 3. The maximum atomic E-state index is 12.9. The molecular weight excluding hydrogens is 534 g/mol. The molecule has 0 aromatic heterocycles. The van der Waals surface area contributed by atoms with Crippen LogP contribution in [0.4, 0.5) is 4.79 Å². The van der Waals surface area contributed by atoms with E-state index in [1.807, 2.05) is 37.3 Å². The molecule has 0 saturated carbocycles. The summed E-state index contributed by atoms with van der Waals surface area (Å²) < 4.78 is 23.7. The van der Waals surface area contributed by atoms with E-state index in [-0.39, 0.29) is 24.0 Å². The Balaban J connectivity index is 1.51. The standard InChI is InChI=1S/C33H41NO6Si/c1-21-30(37-5)22(18-29(31(21)38-6)40-41(7,8)33(2,3)4)17-23(19-35)34-32(36)39-20-28-26-15-11-9-13-24(26)25-14-10-12-16-27(25)28/h9-16,18-19,23,28H,17,20H2,1-8H3,(H,34,36). The van der Waals surface area contributed by atoms with Gasteiger partial charge < -0.3 is 28.7 Å². The number of alkyl carbamates (subject to hydrolysis) is 1. The molecule has 1 aliphatic rings. The van der Waals surface area contributed by atoms with Crippen molar-refractivity contribution in [2.45, 2.75) is 64.2 Å². The molecule has 7 nitrogen and oxygen atoms in total. The number of rotatable bonds is 10. The van der Waals surface area contributed by atoms with E-state index in [0.29, 0.717) is 17.2 Å². The number of ether oxygens (including phenoxy) is 3. The summed E-state index contributed by atoms with van der Waals surface area (Å²) in [5, 5.41) is 2.71. The minimum Gasteiger partial charge on any atom is -0.541 e. The molecule has 1 N–H and O–H groups in total. The fourth-order valence-corrected chi connectivity index (χ4v) is 6.18. The summed E-state index contributed by atoms with van der Waals surface area (Å²) in [5.41, 5.74) is 6.06. The summed E-state index contributed by atoms with van der Waals surface area (Å²) in [6.07, 6.45) is 0.274. The fourth-order valence-electron chi connectivity index (χ4n) is 5.17. The number of hydrogen-bond acceptors (Lipinski definition) is 6. The van der Waals surface area contributed by atoms with E-state index in [4.69, 9.17) is 18.6 Å². The number of amides is 1. The molecule has 1 atom stereocenters. The molecule has 8 heteroatoms. The zero-order chi connectivity index (χ0) is 29.9. The van der Waals surface area contributed by atoms with Crippen molar-refractivity contribution in [2.24, 2.45) is 0 Å². The molecule has 0 saturated heterocycles. The van der Waals surface area contributed by atoms with Crippen LogP contribution in [0.1, 0.15) is 48.9 Å². The lowest BCUT2D eigenvalue weighted by atomic mass is 9.98. The topological polar surface area (TPSA) is 83.1 Å². The second kappa shape index (κ2) is 12.0. The van der Waals surface area contributed by atoms with Gasteiger partial charge in [0.25, 0.3) is 8.32 Å². The molecule has 1 aliphatic carbocycles. The van der Waals surface area contributed by atoms with Gasteiger partial charge >= 0.3 is 6.09 Å². The third-order valence-corrected chi connectivity index (χ3v) is 12.7. The van der Waals surface area contributed by atoms with Crippen molar-refractivity contribution in [3.8, 4) is 28.4 Å². The lowest BCUT2D eigenvalue weighted by molar-refractivity contribution is -0.109. The Bertz CT molecular complexity index is 1380. The SMILES string of the molecule is COc1c(CC(C=O)NC(=O)OCC2c3ccccc3-c3ccccc32)cc(O[Si](C)(C)C(C)(C)C)c(OC)c1C. The van der Waals surface area contributed by atoms with Crippen molar-refractivity contribution >= 4 is 20.7 Å². The van der Waals surface area contributed by atoms with Crippen LogP contribution in [0.5, 0.6) is 17.2 Å². The van der Waals surface area contributed by atoms with Crippen LogP contribution in [0, 0.1) is 6.92 Å². The molecule has 0 spiro atoms. The lowest BCUT2D eigenvalue weighted by Gasteiger charge is -2.37. The summed E-state index contributed by atoms with van der Waals surface area (Å²) in [6, 6.07) is 17.4. The monoisotopic (exact) mass is 575 g/mol. The zero-order valence-electron chi connectivity index (χ0n) is 25.3. The largest absolute Gasteiger partial charge is 0.541 e. The van der Waals surface area contributed by atoms with Crippen molar-refractivity contribution in [1.82, 2.24) is 5.32 Å². The van der Waals surface area contributed by atoms with Crippen LogP contribution >= 0.6 is 0 Å². The molecule has 1 amide bonds. The van der Waals surface area contributed by atoms with Gasteiger partial charge in [-0.15, -0.1) is 0 Å². The number of carbonyl (C=O) groups is 2. The van der Waals surface area contributed by atoms with Crippen LogP contribution < -0.4 is 19.2 Å². The van der Waals surface area contributed by atoms with Gasteiger partial charge in [-0.1, -0.05) is 69.3 Å². The smallest absolute Gasteiger partial charge is 0.407 e. The number of methoxy groups -OCH3 is 2. The maximum absolute atomic E-state index is 12.9. The predicted octanol–water partition coefficient (Wildman–Crippen LogP) is 7.04. The third kappa shape index (κ3) is 6.12. The molecule has 0 radical (unpaired) electrons. The van der Waals surface area contributed by atoms with Crippen molar-refractivity contribution in [3.05, 3.63) is 76.9 Å². The average Bonchev–Trinajstić information content (AvgIpc) is 3.24. The lowest BCUT2D eigenvalue weighted by Crippen LogP contribution is -2.44. The Morgan fingerprint density at radius 1 is 0.976 bits per heavy atom. The van der Waals surface area contributed by atoms with Gasteiger partial charge in [0.05, 0.1) is 20.3 Å². The molecule has 0 fully saturated rings. The van der Waals surface area contributed by atoms with Crippen LogP contribution in [0.25, 0.3) is 11.1 Å². The minimum absolute atomic E-state index is 0.0248. The number of carbonyl (C=O) groups excluding carboxylic acids is 2. The molecule has 0 aliphatic heterocycles. The van der Waals surface area contributed by atoms with Crippen molar-refractivity contribution in [1.29, 1.82) is 0 Å². The van der Waals surface area contributed by atoms with Gasteiger partial charge in [0.15, 0.2) is 5.75 Å². The number of hydrogen-bond donors (Lipinski definition) is 1. The molecular formula is C33H41NO6Si. The summed E-state index contributed by atoms with van der Waals surface area (Å²) in [7, 11) is 0.986. The van der Waals surface area contributed by atoms with Crippen LogP contribution in [0.2, 0.25) is 18.1 Å². The Morgan fingerprint density at radius 3 is 2.05 bits per heavy atom. The molecule has 3 aromatic rings. The van der Waals surface area contributed by atoms with Gasteiger partial charge in [-0.05, 0) is 53.4 Å². The van der Waals surface area contributed by atoms with E-state index in [0.717, 1.165) is 39.7 Å². The van der Waals surface area contributed by atoms with Gasteiger partial charge in [0.2, 0.25) is 0 Å². The number of benzene rings is 3. The fraction of sp³-hybridized carbons (Fsp3) is 0.394. The first-order valence-electron chi connectivity index (χ1n) is 13.9. The highest BCUT2D eigenvalue weighted by Crippen LogP contribution is 2.46. The van der Waals surface area contributed by atoms with Gasteiger partial charge in [-0.3, -0.25) is 0 Å². The Kier molecular flexibility index (Phi) is 8.82. The molecule has 0 heterocycles. The Labute approximate surface area is 244 Å². The molecule has 1 unspecified atom stereocenters. The zero-order valence-corrected chi connectivity index (χ0v) is 26.3. The van der Waals surface area contributed by atoms with E-state index >= 15 is 0 Å². The van der Waals surface area contributed by atoms with Gasteiger partial charge in [-0.2, -0.15) is 0 Å². The number of aldehydes is 1. The first kappa shape index (κ1) is 30.2. The second-order valence-electron chi connectivity index (χ2n) is 12.0. The van der Waals surface area contributed by atoms with E-state index in [1.165, 1.54) is 0 Å². The van der Waals surface area contributed by atoms with Crippen LogP contribution in [0.3, 0.4) is 0 Å². The van der Waals surface area contributed by atoms with E-state index in [9.17, 15) is 9.59 Å². The minimum atomic E-state index is -2.20. The van der Waals surface area contributed by atoms with Crippen LogP contribution in [-0.2, 0) is 16.0 Å². The summed E-state index contributed by atoms with van der Waals surface area (Å²) >= 11 is 0. The van der Waals surface area contributed by atoms with E-state index in [2.05, 4.69) is 63.4 Å². The summed E-state index contributed by atoms with van der Waals surface area (Å²) in [6.45, 7) is 12.9. The van der Waals surface area contributed by atoms with E-state index in [1.54, 1.807) is 14.2 Å². The Hall–Kier alpha value is -3.78. The van der Waals surface area contributed by atoms with Crippen molar-refractivity contribution < 1.29 is 28.2 Å². The quantitative estimate of drug-likeness (QED) is 0.206. The third-order valence-electron chi connectivity index (χ3n) is 8.33. The Morgan fingerprint density at radius 2 is 1.54 bits per heavy atom. The number of nitrogens with one attached hydrogen (secondary N) is 1. The highest BCUT2D eigenvalue weighted by molar-refractivity contribution is 6.74. The predicted molar refractivity (Wildman–Crippen MR) is 164 cm³/mol. The van der Waals surface area contributed by atoms with Gasteiger partial charge in [0.1, 0.15) is 24.4 Å². The van der Waals surface area contributed by atoms with Crippen LogP contribution in [-0.4, -0.2) is 47.6 Å². The average molecular weight is 576 g/mol. The second-order valence-corrected chi connectivity index (χ2v) is 16.7. The maximum Gasteiger partial charge on any atom is 0.407 e. The van der Waals surface area contributed by atoms with Crippen molar-refractivity contribution in [2.75, 3.05) is 20.8 Å². The summed E-state index contributed by atoms with van der Waals surface area (Å²) in [4.78, 5) is 25.0. The first-order valence-corrected chi connectivity index (χ1v) is 16.8. The van der Waals surface area contributed by atoms with E-state index < -0.39 is 20.5 Å². The van der Waals surface area contributed by atoms with Crippen LogP contribution in [0.15, 0.2) is 54.6 Å². The highest BCUT2D eigenvalue weighted by Gasteiger charge is 2.40.